The van der Waals surface area contributed by atoms with Crippen LogP contribution in [0.1, 0.15) is 19.4 Å². The van der Waals surface area contributed by atoms with Crippen LogP contribution in [0.2, 0.25) is 10.0 Å². The summed E-state index contributed by atoms with van der Waals surface area (Å²) in [5.74, 6) is 0. The molecule has 7 heteroatoms. The van der Waals surface area contributed by atoms with E-state index in [0.29, 0.717) is 15.6 Å². The van der Waals surface area contributed by atoms with Gasteiger partial charge in [-0.25, -0.2) is 0 Å². The second-order valence-electron chi connectivity index (χ2n) is 3.45. The van der Waals surface area contributed by atoms with Crippen molar-refractivity contribution in [3.63, 3.8) is 0 Å². The van der Waals surface area contributed by atoms with Crippen molar-refractivity contribution in [3.8, 4) is 0 Å². The van der Waals surface area contributed by atoms with Gasteiger partial charge in [-0.2, -0.15) is 0 Å². The van der Waals surface area contributed by atoms with Crippen LogP contribution < -0.4 is 0 Å². The van der Waals surface area contributed by atoms with Crippen molar-refractivity contribution in [2.45, 2.75) is 13.8 Å². The summed E-state index contributed by atoms with van der Waals surface area (Å²) in [4.78, 5) is 0. The third kappa shape index (κ3) is 4.22. The van der Waals surface area contributed by atoms with Gasteiger partial charge in [-0.3, -0.25) is 4.57 Å². The Balaban J connectivity index is 3.29. The zero-order valence-corrected chi connectivity index (χ0v) is 13.7. The molecule has 0 saturated heterocycles. The van der Waals surface area contributed by atoms with Crippen LogP contribution in [0.5, 0.6) is 0 Å². The van der Waals surface area contributed by atoms with Crippen LogP contribution in [-0.2, 0) is 13.6 Å². The lowest BCUT2D eigenvalue weighted by molar-refractivity contribution is 0.230. The Hall–Kier alpha value is -0.0200. The lowest BCUT2D eigenvalue weighted by atomic mass is 10.2. The Morgan fingerprint density at radius 3 is 2.26 bits per heavy atom. The van der Waals surface area contributed by atoms with Gasteiger partial charge in [0.25, 0.3) is 0 Å². The summed E-state index contributed by atoms with van der Waals surface area (Å²) in [5.41, 5.74) is 1.65. The van der Waals surface area contributed by atoms with Crippen LogP contribution in [0.25, 0.3) is 5.31 Å². The predicted octanol–water partition coefficient (Wildman–Crippen LogP) is 5.80. The Kier molecular flexibility index (Phi) is 6.89. The minimum atomic E-state index is -3.49. The standard InChI is InChI=1S/C12H14Cl3O3P/c1-3-17-19(16,18-4-2)12(8-13)10-6-5-9(14)7-11(10)15/h5-8H,3-4H2,1-2H3/b12-8+. The summed E-state index contributed by atoms with van der Waals surface area (Å²) in [6.45, 7) is 3.91. The molecule has 0 heterocycles. The van der Waals surface area contributed by atoms with Crippen molar-refractivity contribution in [1.82, 2.24) is 0 Å². The van der Waals surface area contributed by atoms with Crippen molar-refractivity contribution < 1.29 is 13.6 Å². The van der Waals surface area contributed by atoms with Crippen LogP contribution in [0.15, 0.2) is 23.7 Å². The molecule has 0 aliphatic carbocycles. The smallest absolute Gasteiger partial charge is 0.305 e. The number of hydrogen-bond acceptors (Lipinski definition) is 3. The zero-order chi connectivity index (χ0) is 14.5. The molecular formula is C12H14Cl3O3P. The normalized spacial score (nSPS) is 12.8. The molecule has 0 fully saturated rings. The van der Waals surface area contributed by atoms with Crippen LogP contribution in [-0.4, -0.2) is 13.2 Å². The highest BCUT2D eigenvalue weighted by Crippen LogP contribution is 2.61. The highest BCUT2D eigenvalue weighted by molar-refractivity contribution is 7.65. The molecule has 0 amide bonds. The molecule has 1 aromatic carbocycles. The molecule has 0 spiro atoms. The first kappa shape index (κ1) is 17.0. The van der Waals surface area contributed by atoms with Crippen LogP contribution >= 0.6 is 42.4 Å². The van der Waals surface area contributed by atoms with E-state index in [1.807, 2.05) is 0 Å². The van der Waals surface area contributed by atoms with Crippen molar-refractivity contribution in [3.05, 3.63) is 39.3 Å². The number of hydrogen-bond donors (Lipinski definition) is 0. The van der Waals surface area contributed by atoms with Gasteiger partial charge < -0.3 is 9.05 Å². The summed E-state index contributed by atoms with van der Waals surface area (Å²) in [7, 11) is -3.49. The molecule has 1 aromatic rings. The fourth-order valence-electron chi connectivity index (χ4n) is 1.48. The molecule has 0 N–H and O–H groups in total. The molecule has 0 bridgehead atoms. The van der Waals surface area contributed by atoms with Crippen molar-refractivity contribution in [2.75, 3.05) is 13.2 Å². The predicted molar refractivity (Wildman–Crippen MR) is 81.2 cm³/mol. The number of benzene rings is 1. The van der Waals surface area contributed by atoms with Gasteiger partial charge in [-0.1, -0.05) is 40.9 Å². The van der Waals surface area contributed by atoms with Gasteiger partial charge in [0.2, 0.25) is 0 Å². The molecule has 0 aliphatic rings. The van der Waals surface area contributed by atoms with E-state index in [1.165, 1.54) is 5.54 Å². The third-order valence-corrected chi connectivity index (χ3v) is 5.28. The van der Waals surface area contributed by atoms with E-state index in [0.717, 1.165) is 0 Å². The lowest BCUT2D eigenvalue weighted by Crippen LogP contribution is -1.99. The highest BCUT2D eigenvalue weighted by Gasteiger charge is 2.31. The van der Waals surface area contributed by atoms with E-state index in [9.17, 15) is 4.57 Å². The maximum absolute atomic E-state index is 12.7. The summed E-state index contributed by atoms with van der Waals surface area (Å²) in [5, 5.41) is 1.03. The first-order chi connectivity index (χ1) is 8.98. The molecule has 19 heavy (non-hydrogen) atoms. The SMILES string of the molecule is CCOP(=O)(OCC)/C(=C/Cl)c1ccc(Cl)cc1Cl. The van der Waals surface area contributed by atoms with E-state index in [1.54, 1.807) is 32.0 Å². The van der Waals surface area contributed by atoms with E-state index in [4.69, 9.17) is 43.9 Å². The van der Waals surface area contributed by atoms with Crippen LogP contribution in [0.3, 0.4) is 0 Å². The van der Waals surface area contributed by atoms with Gasteiger partial charge in [0.1, 0.15) is 0 Å². The second kappa shape index (κ2) is 7.68. The maximum atomic E-state index is 12.7. The number of halogens is 3. The Morgan fingerprint density at radius 2 is 1.84 bits per heavy atom. The molecule has 3 nitrogen and oxygen atoms in total. The number of rotatable bonds is 6. The molecule has 0 radical (unpaired) electrons. The molecular weight excluding hydrogens is 329 g/mol. The van der Waals surface area contributed by atoms with Gasteiger partial charge in [0.05, 0.1) is 23.6 Å². The minimum Gasteiger partial charge on any atom is -0.305 e. The van der Waals surface area contributed by atoms with Crippen LogP contribution in [0, 0.1) is 0 Å². The van der Waals surface area contributed by atoms with Crippen molar-refractivity contribution >= 4 is 47.7 Å². The average Bonchev–Trinajstić information content (AvgIpc) is 2.33. The largest absolute Gasteiger partial charge is 0.362 e. The molecule has 0 aliphatic heterocycles. The lowest BCUT2D eigenvalue weighted by Gasteiger charge is -2.20. The highest BCUT2D eigenvalue weighted by atomic mass is 35.5. The fraction of sp³-hybridized carbons (Fsp3) is 0.333. The summed E-state index contributed by atoms with van der Waals surface area (Å²) >= 11 is 17.7. The van der Waals surface area contributed by atoms with Crippen LogP contribution in [0.4, 0.5) is 0 Å². The zero-order valence-electron chi connectivity index (χ0n) is 10.5. The summed E-state index contributed by atoms with van der Waals surface area (Å²) in [6.07, 6.45) is 0. The van der Waals surface area contributed by atoms with Crippen molar-refractivity contribution in [2.24, 2.45) is 0 Å². The maximum Gasteiger partial charge on any atom is 0.362 e. The van der Waals surface area contributed by atoms with Crippen molar-refractivity contribution in [1.29, 1.82) is 0 Å². The third-order valence-electron chi connectivity index (χ3n) is 2.20. The van der Waals surface area contributed by atoms with E-state index >= 15 is 0 Å². The fourth-order valence-corrected chi connectivity index (χ4v) is 4.17. The summed E-state index contributed by atoms with van der Waals surface area (Å²) in [6, 6.07) is 4.80. The Bertz CT molecular complexity index is 507. The molecule has 0 aromatic heterocycles. The average molecular weight is 344 g/mol. The Morgan fingerprint density at radius 1 is 1.26 bits per heavy atom. The van der Waals surface area contributed by atoms with E-state index < -0.39 is 7.60 Å². The topological polar surface area (TPSA) is 35.5 Å². The molecule has 0 unspecified atom stereocenters. The van der Waals surface area contributed by atoms with Gasteiger partial charge in [0, 0.05) is 16.1 Å². The van der Waals surface area contributed by atoms with E-state index in [2.05, 4.69) is 0 Å². The molecule has 0 saturated carbocycles. The van der Waals surface area contributed by atoms with Gasteiger partial charge in [-0.05, 0) is 26.0 Å². The Labute approximate surface area is 128 Å². The van der Waals surface area contributed by atoms with Gasteiger partial charge in [0.15, 0.2) is 0 Å². The van der Waals surface area contributed by atoms with E-state index in [-0.39, 0.29) is 18.5 Å². The second-order valence-corrected chi connectivity index (χ2v) is 6.51. The first-order valence-corrected chi connectivity index (χ1v) is 8.37. The van der Waals surface area contributed by atoms with Gasteiger partial charge >= 0.3 is 7.60 Å². The minimum absolute atomic E-state index is 0.222. The quantitative estimate of drug-likeness (QED) is 0.613. The summed E-state index contributed by atoms with van der Waals surface area (Å²) < 4.78 is 23.2. The monoisotopic (exact) mass is 342 g/mol. The first-order valence-electron chi connectivity index (χ1n) is 5.64. The molecule has 106 valence electrons. The van der Waals surface area contributed by atoms with Gasteiger partial charge in [-0.15, -0.1) is 0 Å². The molecule has 0 atom stereocenters. The molecule has 1 rings (SSSR count).